The zero-order chi connectivity index (χ0) is 38.4. The number of carbonyl (C=O) groups is 1. The number of ether oxygens (including phenoxy) is 3. The quantitative estimate of drug-likeness (QED) is 0.0888. The highest BCUT2D eigenvalue weighted by molar-refractivity contribution is 5.87. The SMILES string of the molecule is CC(C1CCOCC1)[N+](O)(C(=O)[O-])N1CC2(CC1c1nc3ccc(-c4ccc5c(c4)C(F)(F)c4cc(-c6cnc(C7CCCN7)[nH]6)ccc4-5)cc3[nH]1)OCCO2. The molecule has 2 aromatic heterocycles. The van der Waals surface area contributed by atoms with Crippen LogP contribution in [0.4, 0.5) is 13.6 Å². The zero-order valence-corrected chi connectivity index (χ0v) is 30.9. The van der Waals surface area contributed by atoms with Gasteiger partial charge in [-0.2, -0.15) is 14.0 Å². The van der Waals surface area contributed by atoms with Crippen LogP contribution in [0, 0.1) is 5.92 Å². The van der Waals surface area contributed by atoms with E-state index in [0.717, 1.165) is 25.2 Å². The number of hydrogen-bond acceptors (Lipinski definition) is 10. The van der Waals surface area contributed by atoms with Crippen LogP contribution in [0.2, 0.25) is 0 Å². The highest BCUT2D eigenvalue weighted by Crippen LogP contribution is 2.53. The number of rotatable bonds is 7. The molecule has 15 heteroatoms. The van der Waals surface area contributed by atoms with Gasteiger partial charge in [0.2, 0.25) is 0 Å². The van der Waals surface area contributed by atoms with Gasteiger partial charge in [-0.05, 0) is 85.7 Å². The van der Waals surface area contributed by atoms with Crippen LogP contribution in [0.1, 0.15) is 73.9 Å². The second-order valence-corrected chi connectivity index (χ2v) is 15.8. The predicted molar refractivity (Wildman–Crippen MR) is 197 cm³/mol. The molecule has 3 aromatic carbocycles. The third kappa shape index (κ3) is 5.62. The Balaban J connectivity index is 0.956. The number of quaternary nitrogens is 1. The summed E-state index contributed by atoms with van der Waals surface area (Å²) in [7, 11) is 0. The first-order valence-electron chi connectivity index (χ1n) is 19.5. The van der Waals surface area contributed by atoms with Crippen molar-refractivity contribution in [3.8, 4) is 33.5 Å². The number of alkyl halides is 2. The van der Waals surface area contributed by atoms with Crippen molar-refractivity contribution in [1.82, 2.24) is 30.3 Å². The molecule has 0 saturated carbocycles. The molecule has 4 N–H and O–H groups in total. The summed E-state index contributed by atoms with van der Waals surface area (Å²) in [5.74, 6) is -3.25. The fourth-order valence-electron chi connectivity index (χ4n) is 9.60. The van der Waals surface area contributed by atoms with Gasteiger partial charge in [-0.3, -0.25) is 0 Å². The van der Waals surface area contributed by atoms with Gasteiger partial charge < -0.3 is 39.4 Å². The van der Waals surface area contributed by atoms with Gasteiger partial charge in [0, 0.05) is 42.2 Å². The highest BCUT2D eigenvalue weighted by Gasteiger charge is 2.61. The monoisotopic (exact) mass is 767 g/mol. The van der Waals surface area contributed by atoms with Crippen LogP contribution in [0.3, 0.4) is 0 Å². The summed E-state index contributed by atoms with van der Waals surface area (Å²) in [6, 6.07) is 14.5. The maximum atomic E-state index is 16.3. The van der Waals surface area contributed by atoms with Crippen LogP contribution in [0.5, 0.6) is 0 Å². The number of aromatic nitrogens is 4. The van der Waals surface area contributed by atoms with Crippen LogP contribution >= 0.6 is 0 Å². The summed E-state index contributed by atoms with van der Waals surface area (Å²) < 4.78 is 48.8. The molecule has 56 heavy (non-hydrogen) atoms. The standard InChI is InChI=1S/C41H43F2N7O6/c1-23(24-10-13-54-14-11-24)50(53,39(51)52)49-22-40(55-15-16-56-40)20-36(49)38-46-32-9-6-26(19-34(32)47-38)25-4-7-28-29-8-5-27(18-31(29)41(42,43)30(28)17-25)35-21-45-37(48-35)33-3-2-12-44-33/h4-9,17-19,21,23-24,33,36,44,53H,2-3,10-16,20,22H2,1H3,(H2-,45,46,47,48,51,52). The lowest BCUT2D eigenvalue weighted by molar-refractivity contribution is -1.16. The Hall–Kier alpha value is -4.61. The van der Waals surface area contributed by atoms with Gasteiger partial charge >= 0.3 is 6.09 Å². The van der Waals surface area contributed by atoms with Gasteiger partial charge in [0.15, 0.2) is 5.79 Å². The first-order chi connectivity index (χ1) is 27.0. The smallest absolute Gasteiger partial charge is 0.313 e. The first-order valence-corrected chi connectivity index (χ1v) is 19.5. The fraction of sp³-hybridized carbons (Fsp3) is 0.439. The fourth-order valence-corrected chi connectivity index (χ4v) is 9.60. The molecule has 5 aromatic rings. The summed E-state index contributed by atoms with van der Waals surface area (Å²) in [5.41, 5.74) is 4.78. The Morgan fingerprint density at radius 1 is 0.946 bits per heavy atom. The number of hydrogen-bond donors (Lipinski definition) is 4. The number of nitrogens with zero attached hydrogens (tertiary/aromatic N) is 4. The number of imidazole rings is 2. The van der Waals surface area contributed by atoms with Crippen molar-refractivity contribution in [2.75, 3.05) is 39.5 Å². The predicted octanol–water partition coefficient (Wildman–Crippen LogP) is 5.93. The van der Waals surface area contributed by atoms with E-state index in [1.165, 1.54) is 5.01 Å². The largest absolute Gasteiger partial charge is 0.494 e. The summed E-state index contributed by atoms with van der Waals surface area (Å²) in [6.07, 6.45) is 3.54. The van der Waals surface area contributed by atoms with Crippen molar-refractivity contribution < 1.29 is 42.9 Å². The minimum atomic E-state index is -3.22. The lowest BCUT2D eigenvalue weighted by Crippen LogP contribution is -2.71. The molecule has 1 spiro atoms. The Morgan fingerprint density at radius 3 is 2.36 bits per heavy atom. The number of carboxylic acid groups (broad SMARTS) is 1. The zero-order valence-electron chi connectivity index (χ0n) is 30.9. The molecule has 1 aliphatic carbocycles. The minimum Gasteiger partial charge on any atom is -0.494 e. The number of aromatic amines is 2. The van der Waals surface area contributed by atoms with Crippen molar-refractivity contribution in [1.29, 1.82) is 0 Å². The lowest BCUT2D eigenvalue weighted by Gasteiger charge is -2.45. The summed E-state index contributed by atoms with van der Waals surface area (Å²) in [4.78, 5) is 29.0. The normalized spacial score (nSPS) is 24.8. The van der Waals surface area contributed by atoms with E-state index in [0.29, 0.717) is 89.6 Å². The van der Waals surface area contributed by atoms with Crippen molar-refractivity contribution in [3.63, 3.8) is 0 Å². The summed E-state index contributed by atoms with van der Waals surface area (Å²) in [6.45, 7) is 4.27. The maximum Gasteiger partial charge on any atom is 0.313 e. The van der Waals surface area contributed by atoms with Crippen LogP contribution in [-0.4, -0.2) is 92.3 Å². The van der Waals surface area contributed by atoms with Crippen LogP contribution in [0.15, 0.2) is 60.8 Å². The second-order valence-electron chi connectivity index (χ2n) is 15.8. The van der Waals surface area contributed by atoms with Crippen molar-refractivity contribution in [2.45, 2.75) is 68.9 Å². The number of fused-ring (bicyclic) bond motifs is 4. The molecule has 13 nitrogen and oxygen atoms in total. The van der Waals surface area contributed by atoms with Crippen molar-refractivity contribution >= 4 is 17.1 Å². The summed E-state index contributed by atoms with van der Waals surface area (Å²) in [5, 5.41) is 29.9. The van der Waals surface area contributed by atoms with E-state index in [4.69, 9.17) is 19.2 Å². The molecule has 1 amide bonds. The summed E-state index contributed by atoms with van der Waals surface area (Å²) >= 11 is 0. The molecule has 4 aliphatic heterocycles. The minimum absolute atomic E-state index is 0.0217. The van der Waals surface area contributed by atoms with Gasteiger partial charge in [0.25, 0.3) is 5.92 Å². The molecule has 4 fully saturated rings. The third-order valence-corrected chi connectivity index (χ3v) is 12.7. The van der Waals surface area contributed by atoms with E-state index in [1.54, 1.807) is 43.5 Å². The van der Waals surface area contributed by atoms with E-state index in [9.17, 15) is 15.1 Å². The first kappa shape index (κ1) is 35.8. The number of nitrogens with one attached hydrogen (secondary N) is 3. The van der Waals surface area contributed by atoms with Gasteiger partial charge in [0.05, 0.1) is 42.2 Å². The van der Waals surface area contributed by atoms with Gasteiger partial charge in [0.1, 0.15) is 30.3 Å². The van der Waals surface area contributed by atoms with Gasteiger partial charge in [-0.1, -0.05) is 35.1 Å². The molecule has 292 valence electrons. The molecular weight excluding hydrogens is 724 g/mol. The molecular formula is C41H43F2N7O6. The van der Waals surface area contributed by atoms with E-state index in [1.807, 2.05) is 24.3 Å². The number of H-pyrrole nitrogens is 2. The third-order valence-electron chi connectivity index (χ3n) is 12.7. The second kappa shape index (κ2) is 13.2. The number of amides is 1. The molecule has 4 atom stereocenters. The van der Waals surface area contributed by atoms with E-state index >= 15 is 8.78 Å². The van der Waals surface area contributed by atoms with Crippen molar-refractivity contribution in [3.05, 3.63) is 83.6 Å². The van der Waals surface area contributed by atoms with Crippen molar-refractivity contribution in [2.24, 2.45) is 5.92 Å². The molecule has 10 rings (SSSR count). The average Bonchev–Trinajstić information content (AvgIpc) is 4.08. The number of benzene rings is 3. The Labute approximate surface area is 321 Å². The number of carbonyl (C=O) groups excluding carboxylic acids is 1. The van der Waals surface area contributed by atoms with Gasteiger partial charge in [-0.15, -0.1) is 5.01 Å². The number of halogens is 2. The van der Waals surface area contributed by atoms with Crippen LogP contribution in [-0.2, 0) is 20.1 Å². The molecule has 4 unspecified atom stereocenters. The van der Waals surface area contributed by atoms with E-state index < -0.39 is 34.6 Å². The Bertz CT molecular complexity index is 2330. The topological polar surface area (TPSA) is 161 Å². The van der Waals surface area contributed by atoms with Crippen LogP contribution in [0.25, 0.3) is 44.5 Å². The molecule has 6 heterocycles. The Morgan fingerprint density at radius 2 is 1.64 bits per heavy atom. The lowest BCUT2D eigenvalue weighted by atomic mass is 9.92. The Kier molecular flexibility index (Phi) is 8.45. The van der Waals surface area contributed by atoms with Gasteiger partial charge in [-0.25, -0.2) is 9.97 Å². The molecule has 0 bridgehead atoms. The number of hydroxylamine groups is 2. The average molecular weight is 768 g/mol. The van der Waals surface area contributed by atoms with Crippen LogP contribution < -0.4 is 10.4 Å². The highest BCUT2D eigenvalue weighted by atomic mass is 19.3. The van der Waals surface area contributed by atoms with E-state index in [2.05, 4.69) is 20.3 Å². The van der Waals surface area contributed by atoms with E-state index in [-0.39, 0.29) is 36.1 Å². The molecule has 0 radical (unpaired) electrons. The molecule has 4 saturated heterocycles. The molecule has 5 aliphatic rings. The maximum absolute atomic E-state index is 16.3.